The molecule has 0 unspecified atom stereocenters. The van der Waals surface area contributed by atoms with Gasteiger partial charge in [-0.1, -0.05) is 0 Å². The summed E-state index contributed by atoms with van der Waals surface area (Å²) >= 11 is 0. The molecule has 5 nitrogen and oxygen atoms in total. The van der Waals surface area contributed by atoms with Gasteiger partial charge in [-0.2, -0.15) is 5.10 Å². The molecule has 0 amide bonds. The molecule has 0 spiro atoms. The van der Waals surface area contributed by atoms with Gasteiger partial charge in [0.25, 0.3) is 0 Å². The molecular weight excluding hydrogens is 283 g/mol. The lowest BCUT2D eigenvalue weighted by Crippen LogP contribution is -2.15. The summed E-state index contributed by atoms with van der Waals surface area (Å²) < 4.78 is 20.5. The predicted molar refractivity (Wildman–Crippen MR) is 81.0 cm³/mol. The quantitative estimate of drug-likeness (QED) is 0.791. The van der Waals surface area contributed by atoms with E-state index in [2.05, 4.69) is 10.1 Å². The first-order valence-corrected chi connectivity index (χ1v) is 7.48. The first-order valence-electron chi connectivity index (χ1n) is 7.48. The molecule has 3 aromatic rings. The third-order valence-electron chi connectivity index (χ3n) is 4.25. The fourth-order valence-electron chi connectivity index (χ4n) is 3.05. The molecule has 0 atom stereocenters. The second kappa shape index (κ2) is 5.21. The number of halogens is 1. The van der Waals surface area contributed by atoms with E-state index in [4.69, 9.17) is 9.72 Å². The van der Waals surface area contributed by atoms with E-state index in [1.165, 1.54) is 12.1 Å². The predicted octanol–water partition coefficient (Wildman–Crippen LogP) is 3.00. The molecule has 0 radical (unpaired) electrons. The molecule has 1 aliphatic heterocycles. The Morgan fingerprint density at radius 3 is 2.95 bits per heavy atom. The second-order valence-electron chi connectivity index (χ2n) is 5.70. The maximum atomic E-state index is 13.3. The van der Waals surface area contributed by atoms with Crippen molar-refractivity contribution < 1.29 is 9.13 Å². The minimum Gasteiger partial charge on any atom is -0.381 e. The highest BCUT2D eigenvalue weighted by atomic mass is 19.1. The van der Waals surface area contributed by atoms with Crippen LogP contribution < -0.4 is 0 Å². The molecule has 1 fully saturated rings. The Labute approximate surface area is 127 Å². The Bertz CT molecular complexity index is 817. The van der Waals surface area contributed by atoms with E-state index in [1.54, 1.807) is 10.7 Å². The fraction of sp³-hybridized carbons (Fsp3) is 0.375. The van der Waals surface area contributed by atoms with Gasteiger partial charge in [0.1, 0.15) is 5.82 Å². The lowest BCUT2D eigenvalue weighted by molar-refractivity contribution is 0.0836. The van der Waals surface area contributed by atoms with Crippen molar-refractivity contribution in [1.29, 1.82) is 0 Å². The van der Waals surface area contributed by atoms with Crippen molar-refractivity contribution in [2.75, 3.05) is 13.2 Å². The van der Waals surface area contributed by atoms with Crippen molar-refractivity contribution in [2.45, 2.75) is 18.8 Å². The van der Waals surface area contributed by atoms with Gasteiger partial charge in [-0.15, -0.1) is 0 Å². The van der Waals surface area contributed by atoms with Crippen molar-refractivity contribution in [2.24, 2.45) is 7.05 Å². The van der Waals surface area contributed by atoms with Gasteiger partial charge in [-0.25, -0.2) is 14.1 Å². The topological polar surface area (TPSA) is 55.7 Å². The molecule has 3 heterocycles. The molecule has 1 N–H and O–H groups in total. The average molecular weight is 300 g/mol. The molecule has 0 aliphatic carbocycles. The molecule has 0 saturated carbocycles. The summed E-state index contributed by atoms with van der Waals surface area (Å²) in [7, 11) is 1.90. The number of hydrogen-bond donors (Lipinski definition) is 1. The number of hydrogen-bond acceptors (Lipinski definition) is 3. The number of nitrogens with one attached hydrogen (secondary N) is 1. The van der Waals surface area contributed by atoms with Crippen LogP contribution in [0.25, 0.3) is 22.3 Å². The molecule has 1 aromatic carbocycles. The molecular formula is C16H17FN4O. The van der Waals surface area contributed by atoms with E-state index in [9.17, 15) is 4.39 Å². The third kappa shape index (κ3) is 2.20. The van der Waals surface area contributed by atoms with E-state index in [-0.39, 0.29) is 5.82 Å². The van der Waals surface area contributed by atoms with Crippen molar-refractivity contribution >= 4 is 10.9 Å². The van der Waals surface area contributed by atoms with Crippen LogP contribution in [0, 0.1) is 5.82 Å². The van der Waals surface area contributed by atoms with Gasteiger partial charge in [0.15, 0.2) is 11.6 Å². The number of aromatic nitrogens is 4. The number of aryl methyl sites for hydroxylation is 1. The summed E-state index contributed by atoms with van der Waals surface area (Å²) in [5.41, 5.74) is 1.72. The summed E-state index contributed by atoms with van der Waals surface area (Å²) in [5.74, 6) is 1.79. The Morgan fingerprint density at radius 2 is 2.14 bits per heavy atom. The number of nitrogens with zero attached hydrogens (tertiary/aromatic N) is 3. The van der Waals surface area contributed by atoms with Crippen LogP contribution in [-0.4, -0.2) is 33.0 Å². The zero-order chi connectivity index (χ0) is 15.1. The Balaban J connectivity index is 1.76. The van der Waals surface area contributed by atoms with E-state index in [0.29, 0.717) is 5.92 Å². The lowest BCUT2D eigenvalue weighted by atomic mass is 10.00. The zero-order valence-corrected chi connectivity index (χ0v) is 12.3. The first kappa shape index (κ1) is 13.5. The summed E-state index contributed by atoms with van der Waals surface area (Å²) in [4.78, 5) is 7.83. The van der Waals surface area contributed by atoms with Gasteiger partial charge < -0.3 is 9.72 Å². The summed E-state index contributed by atoms with van der Waals surface area (Å²) in [5, 5.41) is 5.53. The van der Waals surface area contributed by atoms with Crippen LogP contribution in [0.15, 0.2) is 24.4 Å². The van der Waals surface area contributed by atoms with Crippen LogP contribution in [0.4, 0.5) is 4.39 Å². The molecule has 22 heavy (non-hydrogen) atoms. The van der Waals surface area contributed by atoms with Crippen molar-refractivity contribution in [3.05, 3.63) is 36.0 Å². The molecule has 1 saturated heterocycles. The zero-order valence-electron chi connectivity index (χ0n) is 12.3. The third-order valence-corrected chi connectivity index (χ3v) is 4.25. The van der Waals surface area contributed by atoms with Gasteiger partial charge in [-0.05, 0) is 31.0 Å². The maximum Gasteiger partial charge on any atom is 0.160 e. The van der Waals surface area contributed by atoms with Gasteiger partial charge >= 0.3 is 0 Å². The highest BCUT2D eigenvalue weighted by molar-refractivity contribution is 5.93. The van der Waals surface area contributed by atoms with Crippen LogP contribution in [-0.2, 0) is 11.8 Å². The van der Waals surface area contributed by atoms with E-state index >= 15 is 0 Å². The summed E-state index contributed by atoms with van der Waals surface area (Å²) in [6.45, 7) is 1.54. The van der Waals surface area contributed by atoms with Crippen LogP contribution >= 0.6 is 0 Å². The van der Waals surface area contributed by atoms with Gasteiger partial charge in [0.05, 0.1) is 0 Å². The smallest absolute Gasteiger partial charge is 0.160 e. The van der Waals surface area contributed by atoms with E-state index in [1.807, 2.05) is 13.2 Å². The molecule has 1 aliphatic rings. The van der Waals surface area contributed by atoms with Crippen molar-refractivity contribution in [3.8, 4) is 11.4 Å². The first-order chi connectivity index (χ1) is 10.7. The Kier molecular flexibility index (Phi) is 3.18. The molecule has 4 rings (SSSR count). The Morgan fingerprint density at radius 1 is 1.32 bits per heavy atom. The van der Waals surface area contributed by atoms with Gasteiger partial charge in [-0.3, -0.25) is 0 Å². The largest absolute Gasteiger partial charge is 0.381 e. The molecule has 0 bridgehead atoms. The number of rotatable bonds is 2. The van der Waals surface area contributed by atoms with Gasteiger partial charge in [0.2, 0.25) is 0 Å². The second-order valence-corrected chi connectivity index (χ2v) is 5.70. The number of aromatic amines is 1. The molecule has 6 heteroatoms. The van der Waals surface area contributed by atoms with E-state index in [0.717, 1.165) is 54.2 Å². The highest BCUT2D eigenvalue weighted by Gasteiger charge is 2.22. The van der Waals surface area contributed by atoms with Gasteiger partial charge in [0, 0.05) is 48.8 Å². The summed E-state index contributed by atoms with van der Waals surface area (Å²) in [6.07, 6.45) is 3.78. The van der Waals surface area contributed by atoms with Crippen LogP contribution in [0.2, 0.25) is 0 Å². The molecule has 2 aromatic heterocycles. The van der Waals surface area contributed by atoms with Crippen molar-refractivity contribution in [1.82, 2.24) is 19.7 Å². The number of fused-ring (bicyclic) bond motifs is 1. The molecule has 114 valence electrons. The highest BCUT2D eigenvalue weighted by Crippen LogP contribution is 2.30. The number of H-pyrrole nitrogens is 1. The minimum atomic E-state index is -0.248. The summed E-state index contributed by atoms with van der Waals surface area (Å²) in [6, 6.07) is 4.74. The van der Waals surface area contributed by atoms with Crippen molar-refractivity contribution in [3.63, 3.8) is 0 Å². The fourth-order valence-corrected chi connectivity index (χ4v) is 3.05. The SMILES string of the molecule is Cn1nc(C2CCOCC2)nc1-c1c[nH]c2cc(F)ccc12. The lowest BCUT2D eigenvalue weighted by Gasteiger charge is -2.18. The number of benzene rings is 1. The van der Waals surface area contributed by atoms with Crippen LogP contribution in [0.1, 0.15) is 24.6 Å². The van der Waals surface area contributed by atoms with Crippen LogP contribution in [0.3, 0.4) is 0 Å². The Hall–Kier alpha value is -2.21. The minimum absolute atomic E-state index is 0.248. The standard InChI is InChI=1S/C16H17FN4O/c1-21-16(19-15(20-21)10-4-6-22-7-5-10)13-9-18-14-8-11(17)2-3-12(13)14/h2-3,8-10,18H,4-7H2,1H3. The van der Waals surface area contributed by atoms with Crippen LogP contribution in [0.5, 0.6) is 0 Å². The monoisotopic (exact) mass is 300 g/mol. The average Bonchev–Trinajstić information content (AvgIpc) is 3.11. The maximum absolute atomic E-state index is 13.3. The number of ether oxygens (including phenoxy) is 1. The normalized spacial score (nSPS) is 16.5. The van der Waals surface area contributed by atoms with E-state index < -0.39 is 0 Å².